The summed E-state index contributed by atoms with van der Waals surface area (Å²) in [5.41, 5.74) is 6.03. The molecular formula is C30H32F2N6O4. The van der Waals surface area contributed by atoms with Crippen LogP contribution in [0.25, 0.3) is 10.8 Å². The molecule has 0 radical (unpaired) electrons. The molecule has 1 aromatic heterocycles. The maximum atomic E-state index is 14.6. The van der Waals surface area contributed by atoms with Crippen molar-refractivity contribution in [3.63, 3.8) is 0 Å². The van der Waals surface area contributed by atoms with Gasteiger partial charge in [0, 0.05) is 44.1 Å². The molecule has 3 aliphatic heterocycles. The van der Waals surface area contributed by atoms with Gasteiger partial charge in [0.1, 0.15) is 35.7 Å². The van der Waals surface area contributed by atoms with Crippen molar-refractivity contribution in [2.75, 3.05) is 62.0 Å². The number of nitrogens with one attached hydrogen (secondary N) is 1. The highest BCUT2D eigenvalue weighted by atomic mass is 19.1. The first-order valence-electron chi connectivity index (χ1n) is 14.0. The van der Waals surface area contributed by atoms with Gasteiger partial charge in [-0.2, -0.15) is 9.97 Å². The lowest BCUT2D eigenvalue weighted by Gasteiger charge is -2.31. The van der Waals surface area contributed by atoms with E-state index in [1.807, 2.05) is 4.90 Å². The summed E-state index contributed by atoms with van der Waals surface area (Å²) < 4.78 is 40.5. The minimum atomic E-state index is -0.907. The molecule has 3 saturated heterocycles. The predicted molar refractivity (Wildman–Crippen MR) is 154 cm³/mol. The van der Waals surface area contributed by atoms with E-state index in [1.165, 1.54) is 24.3 Å². The van der Waals surface area contributed by atoms with Gasteiger partial charge in [-0.25, -0.2) is 8.78 Å². The van der Waals surface area contributed by atoms with Crippen LogP contribution in [0.1, 0.15) is 41.6 Å². The lowest BCUT2D eigenvalue weighted by Crippen LogP contribution is -2.43. The van der Waals surface area contributed by atoms with Crippen molar-refractivity contribution in [2.24, 2.45) is 0 Å². The first kappa shape index (κ1) is 27.9. The van der Waals surface area contributed by atoms with Crippen LogP contribution in [-0.4, -0.2) is 83.6 Å². The van der Waals surface area contributed by atoms with Crippen molar-refractivity contribution >= 4 is 34.0 Å². The molecule has 0 aliphatic carbocycles. The SMILES string of the molecule is C#Cc1c(F)ccc2cc(O)cc(NC(=O)c3c(N)nc(OC[C@@]45CCCN4C[C@H](F)C5)nc3N3CCCOCC3)c12. The number of carbonyl (C=O) groups excluding carboxylic acids is 1. The van der Waals surface area contributed by atoms with Gasteiger partial charge in [-0.15, -0.1) is 6.42 Å². The summed E-state index contributed by atoms with van der Waals surface area (Å²) in [7, 11) is 0. The van der Waals surface area contributed by atoms with Crippen molar-refractivity contribution < 1.29 is 28.2 Å². The first-order chi connectivity index (χ1) is 20.3. The molecule has 3 fully saturated rings. The van der Waals surface area contributed by atoms with Gasteiger partial charge in [-0.3, -0.25) is 9.69 Å². The minimum absolute atomic E-state index is 0.00718. The summed E-state index contributed by atoms with van der Waals surface area (Å²) >= 11 is 0. The summed E-state index contributed by atoms with van der Waals surface area (Å²) in [4.78, 5) is 26.8. The predicted octanol–water partition coefficient (Wildman–Crippen LogP) is 3.47. The molecule has 1 amide bonds. The van der Waals surface area contributed by atoms with E-state index in [0.717, 1.165) is 19.4 Å². The van der Waals surface area contributed by atoms with Crippen molar-refractivity contribution in [1.29, 1.82) is 0 Å². The lowest BCUT2D eigenvalue weighted by atomic mass is 9.95. The zero-order valence-corrected chi connectivity index (χ0v) is 23.0. The van der Waals surface area contributed by atoms with E-state index in [4.69, 9.17) is 21.6 Å². The number of rotatable bonds is 6. The van der Waals surface area contributed by atoms with Gasteiger partial charge < -0.3 is 30.5 Å². The molecule has 3 aromatic rings. The van der Waals surface area contributed by atoms with Gasteiger partial charge in [0.2, 0.25) is 0 Å². The van der Waals surface area contributed by atoms with E-state index >= 15 is 0 Å². The number of aromatic nitrogens is 2. The minimum Gasteiger partial charge on any atom is -0.508 e. The van der Waals surface area contributed by atoms with E-state index in [1.54, 1.807) is 0 Å². The standard InChI is InChI=1S/C30H32F2N6O4/c1-2-21-22(32)6-5-18-13-20(39)14-23(24(18)21)34-28(40)25-26(33)35-29(36-27(25)37-8-4-11-41-12-10-37)42-17-30-7-3-9-38(30)16-19(31)15-30/h1,5-6,13-14,19,39H,3-4,7-12,15-17H2,(H,34,40)(H2,33,35,36)/t19-,30+/m1/s1. The molecule has 2 atom stereocenters. The number of alkyl halides is 1. The van der Waals surface area contributed by atoms with E-state index in [9.17, 15) is 18.7 Å². The number of hydrogen-bond donors (Lipinski definition) is 3. The number of carbonyl (C=O) groups is 1. The quantitative estimate of drug-likeness (QED) is 0.377. The van der Waals surface area contributed by atoms with E-state index in [0.29, 0.717) is 51.1 Å². The highest BCUT2D eigenvalue weighted by Gasteiger charge is 2.49. The lowest BCUT2D eigenvalue weighted by molar-refractivity contribution is 0.102. The molecule has 3 aliphatic rings. The second kappa shape index (κ2) is 11.2. The molecule has 12 heteroatoms. The number of aromatic hydroxyl groups is 1. The van der Waals surface area contributed by atoms with Gasteiger partial charge in [-0.1, -0.05) is 12.0 Å². The molecule has 0 saturated carbocycles. The molecule has 220 valence electrons. The highest BCUT2D eigenvalue weighted by molar-refractivity contribution is 6.14. The molecule has 6 rings (SSSR count). The second-order valence-corrected chi connectivity index (χ2v) is 11.0. The molecule has 0 unspecified atom stereocenters. The zero-order valence-electron chi connectivity index (χ0n) is 23.0. The van der Waals surface area contributed by atoms with Crippen molar-refractivity contribution in [1.82, 2.24) is 14.9 Å². The van der Waals surface area contributed by atoms with Gasteiger partial charge in [0.25, 0.3) is 5.91 Å². The van der Waals surface area contributed by atoms with Gasteiger partial charge >= 0.3 is 6.01 Å². The molecule has 42 heavy (non-hydrogen) atoms. The average Bonchev–Trinajstić information content (AvgIpc) is 3.33. The Kier molecular flexibility index (Phi) is 7.47. The molecule has 10 nitrogen and oxygen atoms in total. The van der Waals surface area contributed by atoms with Crippen LogP contribution in [0.4, 0.5) is 26.1 Å². The number of hydrogen-bond acceptors (Lipinski definition) is 9. The molecule has 0 spiro atoms. The number of phenols is 1. The number of benzene rings is 2. The average molecular weight is 579 g/mol. The van der Waals surface area contributed by atoms with Crippen LogP contribution in [-0.2, 0) is 4.74 Å². The smallest absolute Gasteiger partial charge is 0.320 e. The zero-order chi connectivity index (χ0) is 29.4. The maximum absolute atomic E-state index is 14.6. The Labute approximate surface area is 241 Å². The fourth-order valence-electron chi connectivity index (χ4n) is 6.41. The Balaban J connectivity index is 1.36. The molecular weight excluding hydrogens is 546 g/mol. The number of halogens is 2. The Morgan fingerprint density at radius 1 is 1.26 bits per heavy atom. The third-order valence-electron chi connectivity index (χ3n) is 8.32. The molecule has 4 N–H and O–H groups in total. The van der Waals surface area contributed by atoms with Crippen LogP contribution >= 0.6 is 0 Å². The van der Waals surface area contributed by atoms with Crippen LogP contribution in [0.5, 0.6) is 11.8 Å². The number of ether oxygens (including phenoxy) is 2. The first-order valence-corrected chi connectivity index (χ1v) is 14.0. The number of fused-ring (bicyclic) bond motifs is 2. The number of amides is 1. The number of terminal acetylenes is 1. The van der Waals surface area contributed by atoms with Crippen LogP contribution in [0.15, 0.2) is 24.3 Å². The van der Waals surface area contributed by atoms with Crippen molar-refractivity contribution in [3.05, 3.63) is 41.2 Å². The normalized spacial score (nSPS) is 22.5. The number of phenolic OH excluding ortho intramolecular Hbond substituents is 1. The fourth-order valence-corrected chi connectivity index (χ4v) is 6.41. The Bertz CT molecular complexity index is 1570. The Morgan fingerprint density at radius 3 is 2.95 bits per heavy atom. The number of nitrogens with two attached hydrogens (primary N) is 1. The summed E-state index contributed by atoms with van der Waals surface area (Å²) in [6.45, 7) is 3.37. The molecule has 4 heterocycles. The van der Waals surface area contributed by atoms with Gasteiger partial charge in [-0.05, 0) is 43.3 Å². The van der Waals surface area contributed by atoms with E-state index in [-0.39, 0.29) is 52.2 Å². The Hall–Kier alpha value is -4.21. The topological polar surface area (TPSA) is 126 Å². The van der Waals surface area contributed by atoms with Crippen LogP contribution < -0.4 is 20.7 Å². The summed E-state index contributed by atoms with van der Waals surface area (Å²) in [5, 5.41) is 13.8. The second-order valence-electron chi connectivity index (χ2n) is 11.0. The van der Waals surface area contributed by atoms with Crippen LogP contribution in [0.3, 0.4) is 0 Å². The van der Waals surface area contributed by atoms with Crippen molar-refractivity contribution in [3.8, 4) is 24.1 Å². The summed E-state index contributed by atoms with van der Waals surface area (Å²) in [6, 6.07) is 5.38. The fraction of sp³-hybridized carbons (Fsp3) is 0.433. The number of nitrogens with zero attached hydrogens (tertiary/aromatic N) is 4. The number of anilines is 3. The van der Waals surface area contributed by atoms with E-state index < -0.39 is 23.4 Å². The van der Waals surface area contributed by atoms with Crippen molar-refractivity contribution in [2.45, 2.75) is 37.4 Å². The maximum Gasteiger partial charge on any atom is 0.320 e. The Morgan fingerprint density at radius 2 is 2.12 bits per heavy atom. The molecule has 0 bridgehead atoms. The molecule has 2 aromatic carbocycles. The summed E-state index contributed by atoms with van der Waals surface area (Å²) in [5.74, 6) is 1.01. The summed E-state index contributed by atoms with van der Waals surface area (Å²) in [6.07, 6.45) is 7.55. The number of nitrogen functional groups attached to an aromatic ring is 1. The van der Waals surface area contributed by atoms with Crippen LogP contribution in [0, 0.1) is 18.2 Å². The highest BCUT2D eigenvalue weighted by Crippen LogP contribution is 2.40. The largest absolute Gasteiger partial charge is 0.508 e. The third-order valence-corrected chi connectivity index (χ3v) is 8.32. The van der Waals surface area contributed by atoms with E-state index in [2.05, 4.69) is 26.1 Å². The van der Waals surface area contributed by atoms with Gasteiger partial charge in [0.05, 0.1) is 23.4 Å². The van der Waals surface area contributed by atoms with Crippen LogP contribution in [0.2, 0.25) is 0 Å². The van der Waals surface area contributed by atoms with Gasteiger partial charge in [0.15, 0.2) is 5.82 Å². The monoisotopic (exact) mass is 578 g/mol. The third kappa shape index (κ3) is 5.14.